The normalized spacial score (nSPS) is 9.69. The number of esters is 1. The summed E-state index contributed by atoms with van der Waals surface area (Å²) >= 11 is 0. The van der Waals surface area contributed by atoms with Crippen LogP contribution in [0.3, 0.4) is 0 Å². The first kappa shape index (κ1) is 11.9. The third-order valence-corrected chi connectivity index (χ3v) is 1.84. The fourth-order valence-electron chi connectivity index (χ4n) is 1.10. The smallest absolute Gasteiger partial charge is 0.340 e. The van der Waals surface area contributed by atoms with Crippen molar-refractivity contribution in [2.45, 2.75) is 0 Å². The van der Waals surface area contributed by atoms with E-state index in [1.165, 1.54) is 0 Å². The maximum atomic E-state index is 13.3. The molecule has 0 saturated carbocycles. The summed E-state index contributed by atoms with van der Waals surface area (Å²) in [6, 6.07) is 1.51. The van der Waals surface area contributed by atoms with Crippen LogP contribution in [0.1, 0.15) is 10.4 Å². The van der Waals surface area contributed by atoms with Crippen molar-refractivity contribution in [1.29, 1.82) is 0 Å². The van der Waals surface area contributed by atoms with Crippen molar-refractivity contribution >= 4 is 17.3 Å². The molecule has 0 heterocycles. The largest absolute Gasteiger partial charge is 0.465 e. The minimum Gasteiger partial charge on any atom is -0.465 e. The molecule has 0 atom stereocenters. The van der Waals surface area contributed by atoms with Crippen molar-refractivity contribution in [1.82, 2.24) is 0 Å². The Kier molecular flexibility index (Phi) is 3.36. The number of nitrogens with two attached hydrogens (primary N) is 1. The van der Waals surface area contributed by atoms with E-state index < -0.39 is 28.0 Å². The summed E-state index contributed by atoms with van der Waals surface area (Å²) in [6.07, 6.45) is 0. The highest BCUT2D eigenvalue weighted by Crippen LogP contribution is 2.27. The Bertz CT molecular complexity index is 449. The molecule has 0 radical (unpaired) electrons. The Morgan fingerprint density at radius 2 is 2.25 bits per heavy atom. The average Bonchev–Trinajstić information content (AvgIpc) is 2.27. The number of ether oxygens (including phenoxy) is 1. The maximum Gasteiger partial charge on any atom is 0.340 e. The van der Waals surface area contributed by atoms with Crippen molar-refractivity contribution in [3.63, 3.8) is 0 Å². The molecule has 0 aromatic heterocycles. The van der Waals surface area contributed by atoms with Crippen LogP contribution >= 0.6 is 0 Å². The van der Waals surface area contributed by atoms with Crippen molar-refractivity contribution in [3.8, 4) is 0 Å². The highest BCUT2D eigenvalue weighted by Gasteiger charge is 2.21. The van der Waals surface area contributed by atoms with Gasteiger partial charge in [0.1, 0.15) is 11.5 Å². The van der Waals surface area contributed by atoms with Gasteiger partial charge in [0.05, 0.1) is 23.7 Å². The number of nitro groups is 1. The molecule has 0 aliphatic heterocycles. The second kappa shape index (κ2) is 4.53. The van der Waals surface area contributed by atoms with Gasteiger partial charge in [-0.2, -0.15) is 0 Å². The van der Waals surface area contributed by atoms with Crippen molar-refractivity contribution in [2.24, 2.45) is 5.84 Å². The van der Waals surface area contributed by atoms with Crippen LogP contribution in [0.5, 0.6) is 0 Å². The first-order chi connectivity index (χ1) is 7.51. The Morgan fingerprint density at radius 3 is 2.69 bits per heavy atom. The number of carbonyl (C=O) groups excluding carboxylic acids is 1. The molecule has 0 aliphatic carbocycles. The molecule has 1 aromatic carbocycles. The number of anilines is 1. The van der Waals surface area contributed by atoms with Crippen LogP contribution in [0, 0.1) is 15.9 Å². The summed E-state index contributed by atoms with van der Waals surface area (Å²) in [4.78, 5) is 20.8. The van der Waals surface area contributed by atoms with Gasteiger partial charge in [0.2, 0.25) is 0 Å². The number of methoxy groups -OCH3 is 1. The fourth-order valence-corrected chi connectivity index (χ4v) is 1.10. The number of hydrogen-bond donors (Lipinski definition) is 2. The molecular weight excluding hydrogens is 221 g/mol. The molecule has 0 bridgehead atoms. The van der Waals surface area contributed by atoms with Crippen LogP contribution in [0.4, 0.5) is 15.8 Å². The van der Waals surface area contributed by atoms with Gasteiger partial charge in [0.25, 0.3) is 5.69 Å². The third kappa shape index (κ3) is 2.06. The zero-order chi connectivity index (χ0) is 12.3. The molecule has 0 saturated heterocycles. The molecule has 0 fully saturated rings. The standard InChI is InChI=1S/C8H8FN3O4/c1-16-8(13)4-2-6(11-10)7(12(14)15)3-5(4)9/h2-3,11H,10H2,1H3. The highest BCUT2D eigenvalue weighted by atomic mass is 19.1. The topological polar surface area (TPSA) is 107 Å². The van der Waals surface area contributed by atoms with Gasteiger partial charge in [0, 0.05) is 0 Å². The summed E-state index contributed by atoms with van der Waals surface area (Å²) in [5.74, 6) is 3.04. The number of halogens is 1. The van der Waals surface area contributed by atoms with E-state index in [1.807, 2.05) is 5.43 Å². The van der Waals surface area contributed by atoms with Gasteiger partial charge in [-0.25, -0.2) is 9.18 Å². The molecule has 8 heteroatoms. The van der Waals surface area contributed by atoms with Gasteiger partial charge in [-0.3, -0.25) is 16.0 Å². The van der Waals surface area contributed by atoms with E-state index in [9.17, 15) is 19.3 Å². The number of carbonyl (C=O) groups is 1. The van der Waals surface area contributed by atoms with E-state index >= 15 is 0 Å². The molecule has 1 aromatic rings. The van der Waals surface area contributed by atoms with Gasteiger partial charge in [-0.05, 0) is 6.07 Å². The average molecular weight is 229 g/mol. The second-order valence-corrected chi connectivity index (χ2v) is 2.74. The van der Waals surface area contributed by atoms with E-state index in [-0.39, 0.29) is 5.69 Å². The lowest BCUT2D eigenvalue weighted by Gasteiger charge is -2.05. The lowest BCUT2D eigenvalue weighted by molar-refractivity contribution is -0.384. The van der Waals surface area contributed by atoms with E-state index in [4.69, 9.17) is 5.84 Å². The van der Waals surface area contributed by atoms with Gasteiger partial charge in [-0.1, -0.05) is 0 Å². The summed E-state index contributed by atoms with van der Waals surface area (Å²) in [5, 5.41) is 10.5. The molecular formula is C8H8FN3O4. The highest BCUT2D eigenvalue weighted by molar-refractivity contribution is 5.91. The monoisotopic (exact) mass is 229 g/mol. The minimum absolute atomic E-state index is 0.174. The second-order valence-electron chi connectivity index (χ2n) is 2.74. The number of nitrogen functional groups attached to an aromatic ring is 1. The van der Waals surface area contributed by atoms with Crippen LogP contribution in [0.2, 0.25) is 0 Å². The van der Waals surface area contributed by atoms with Crippen LogP contribution in [-0.4, -0.2) is 18.0 Å². The summed E-state index contributed by atoms with van der Waals surface area (Å²) in [6.45, 7) is 0. The number of rotatable bonds is 3. The molecule has 0 unspecified atom stereocenters. The third-order valence-electron chi connectivity index (χ3n) is 1.84. The zero-order valence-electron chi connectivity index (χ0n) is 8.19. The summed E-state index contributed by atoms with van der Waals surface area (Å²) in [5.41, 5.74) is 0.841. The van der Waals surface area contributed by atoms with E-state index in [1.54, 1.807) is 0 Å². The Hall–Kier alpha value is -2.22. The number of nitro benzene ring substituents is 1. The molecule has 0 amide bonds. The lowest BCUT2D eigenvalue weighted by atomic mass is 10.1. The van der Waals surface area contributed by atoms with Crippen molar-refractivity contribution in [3.05, 3.63) is 33.6 Å². The van der Waals surface area contributed by atoms with Crippen LogP contribution in [0.25, 0.3) is 0 Å². The predicted octanol–water partition coefficient (Wildman–Crippen LogP) is 0.806. The molecule has 7 nitrogen and oxygen atoms in total. The number of nitrogens with one attached hydrogen (secondary N) is 1. The molecule has 1 rings (SSSR count). The molecule has 3 N–H and O–H groups in total. The zero-order valence-corrected chi connectivity index (χ0v) is 8.19. The van der Waals surface area contributed by atoms with Crippen LogP contribution in [-0.2, 0) is 4.74 Å². The molecule has 86 valence electrons. The van der Waals surface area contributed by atoms with Gasteiger partial charge >= 0.3 is 5.97 Å². The number of hydrazine groups is 1. The predicted molar refractivity (Wildman–Crippen MR) is 52.2 cm³/mol. The van der Waals surface area contributed by atoms with E-state index in [0.29, 0.717) is 6.07 Å². The first-order valence-electron chi connectivity index (χ1n) is 4.04. The number of hydrogen-bond acceptors (Lipinski definition) is 6. The maximum absolute atomic E-state index is 13.3. The number of benzene rings is 1. The summed E-state index contributed by atoms with van der Waals surface area (Å²) < 4.78 is 17.6. The first-order valence-corrected chi connectivity index (χ1v) is 4.04. The van der Waals surface area contributed by atoms with Gasteiger partial charge in [0.15, 0.2) is 0 Å². The van der Waals surface area contributed by atoms with Crippen LogP contribution < -0.4 is 11.3 Å². The Morgan fingerprint density at radius 1 is 1.62 bits per heavy atom. The quantitative estimate of drug-likeness (QED) is 0.343. The van der Waals surface area contributed by atoms with Gasteiger partial charge in [-0.15, -0.1) is 0 Å². The SMILES string of the molecule is COC(=O)c1cc(NN)c([N+](=O)[O-])cc1F. The van der Waals surface area contributed by atoms with E-state index in [0.717, 1.165) is 13.2 Å². The van der Waals surface area contributed by atoms with Crippen LogP contribution in [0.15, 0.2) is 12.1 Å². The Labute approximate surface area is 89.1 Å². The Balaban J connectivity index is 3.37. The van der Waals surface area contributed by atoms with E-state index in [2.05, 4.69) is 4.74 Å². The molecule has 16 heavy (non-hydrogen) atoms. The summed E-state index contributed by atoms with van der Waals surface area (Å²) in [7, 11) is 1.07. The van der Waals surface area contributed by atoms with Crippen molar-refractivity contribution < 1.29 is 18.8 Å². The van der Waals surface area contributed by atoms with Crippen molar-refractivity contribution in [2.75, 3.05) is 12.5 Å². The minimum atomic E-state index is -1.04. The fraction of sp³-hybridized carbons (Fsp3) is 0.125. The lowest BCUT2D eigenvalue weighted by Crippen LogP contribution is -2.12. The molecule has 0 spiro atoms. The van der Waals surface area contributed by atoms with Gasteiger partial charge < -0.3 is 10.2 Å². The molecule has 0 aliphatic rings. The number of nitrogens with zero attached hydrogens (tertiary/aromatic N) is 1.